The van der Waals surface area contributed by atoms with Gasteiger partial charge >= 0.3 is 11.9 Å². The fourth-order valence-electron chi connectivity index (χ4n) is 0.574. The van der Waals surface area contributed by atoms with Crippen LogP contribution >= 0.6 is 0 Å². The maximum absolute atomic E-state index is 10.6. The number of carbonyl (C=O) groups is 2. The largest absolute Gasteiger partial charge is 0.481 e. The van der Waals surface area contributed by atoms with E-state index in [0.29, 0.717) is 13.2 Å². The van der Waals surface area contributed by atoms with E-state index in [1.165, 1.54) is 0 Å². The van der Waals surface area contributed by atoms with Crippen molar-refractivity contribution in [2.45, 2.75) is 6.42 Å². The summed E-state index contributed by atoms with van der Waals surface area (Å²) in [6.45, 7) is 1.11. The van der Waals surface area contributed by atoms with E-state index in [-0.39, 0.29) is 13.2 Å². The topological polar surface area (TPSA) is 98.9 Å². The summed E-state index contributed by atoms with van der Waals surface area (Å²) in [4.78, 5) is 20.6. The molecule has 0 aromatic heterocycles. The minimum Gasteiger partial charge on any atom is -0.481 e. The Balaban J connectivity index is 3.22. The fourth-order valence-corrected chi connectivity index (χ4v) is 0.574. The standard InChI is InChI=1S/C7H13NO5/c8-1-2-12-3-4-13-7(11)5-6(9)10/h1-5,8H2,(H,9,10). The Labute approximate surface area is 75.6 Å². The van der Waals surface area contributed by atoms with Crippen LogP contribution in [0.15, 0.2) is 0 Å². The number of ether oxygens (including phenoxy) is 2. The Kier molecular flexibility index (Phi) is 6.85. The molecule has 6 heteroatoms. The van der Waals surface area contributed by atoms with Gasteiger partial charge in [0, 0.05) is 6.54 Å². The molecule has 0 aliphatic heterocycles. The van der Waals surface area contributed by atoms with Crippen LogP contribution < -0.4 is 5.73 Å². The van der Waals surface area contributed by atoms with E-state index < -0.39 is 18.4 Å². The molecule has 0 heterocycles. The van der Waals surface area contributed by atoms with E-state index in [9.17, 15) is 9.59 Å². The molecule has 0 saturated heterocycles. The molecule has 0 atom stereocenters. The van der Waals surface area contributed by atoms with E-state index in [1.807, 2.05) is 0 Å². The predicted octanol–water partition coefficient (Wildman–Crippen LogP) is -1.02. The average Bonchev–Trinajstić information content (AvgIpc) is 2.02. The van der Waals surface area contributed by atoms with E-state index in [4.69, 9.17) is 15.6 Å². The molecule has 0 unspecified atom stereocenters. The van der Waals surface area contributed by atoms with Crippen LogP contribution in [-0.4, -0.2) is 43.4 Å². The first kappa shape index (κ1) is 11.9. The maximum Gasteiger partial charge on any atom is 0.317 e. The first-order chi connectivity index (χ1) is 6.16. The lowest BCUT2D eigenvalue weighted by Gasteiger charge is -2.03. The van der Waals surface area contributed by atoms with Gasteiger partial charge in [-0.05, 0) is 0 Å². The molecule has 0 radical (unpaired) electrons. The molecule has 0 fully saturated rings. The summed E-state index contributed by atoms with van der Waals surface area (Å²) in [6.07, 6.45) is -0.614. The first-order valence-electron chi connectivity index (χ1n) is 3.82. The molecule has 0 amide bonds. The van der Waals surface area contributed by atoms with Crippen molar-refractivity contribution in [1.82, 2.24) is 0 Å². The number of hydrogen-bond donors (Lipinski definition) is 2. The van der Waals surface area contributed by atoms with Crippen LogP contribution in [0.4, 0.5) is 0 Å². The minimum atomic E-state index is -1.20. The summed E-state index contributed by atoms with van der Waals surface area (Å²) >= 11 is 0. The van der Waals surface area contributed by atoms with Crippen molar-refractivity contribution in [2.75, 3.05) is 26.4 Å². The van der Waals surface area contributed by atoms with E-state index in [0.717, 1.165) is 0 Å². The molecular weight excluding hydrogens is 178 g/mol. The number of hydrogen-bond acceptors (Lipinski definition) is 5. The van der Waals surface area contributed by atoms with Crippen molar-refractivity contribution in [3.8, 4) is 0 Å². The minimum absolute atomic E-state index is 0.0616. The lowest BCUT2D eigenvalue weighted by atomic mass is 10.4. The van der Waals surface area contributed by atoms with Crippen LogP contribution in [0.25, 0.3) is 0 Å². The summed E-state index contributed by atoms with van der Waals surface area (Å²) in [5.41, 5.74) is 5.13. The molecule has 76 valence electrons. The van der Waals surface area contributed by atoms with E-state index in [1.54, 1.807) is 0 Å². The predicted molar refractivity (Wildman–Crippen MR) is 43.1 cm³/mol. The van der Waals surface area contributed by atoms with Crippen molar-refractivity contribution >= 4 is 11.9 Å². The van der Waals surface area contributed by atoms with Gasteiger partial charge in [-0.25, -0.2) is 0 Å². The second kappa shape index (κ2) is 7.51. The normalized spacial score (nSPS) is 9.62. The van der Waals surface area contributed by atoms with Gasteiger partial charge in [0.05, 0.1) is 13.2 Å². The number of carbonyl (C=O) groups excluding carboxylic acids is 1. The van der Waals surface area contributed by atoms with Gasteiger partial charge in [-0.2, -0.15) is 0 Å². The monoisotopic (exact) mass is 191 g/mol. The van der Waals surface area contributed by atoms with Crippen molar-refractivity contribution in [2.24, 2.45) is 5.73 Å². The Morgan fingerprint density at radius 1 is 1.23 bits per heavy atom. The van der Waals surface area contributed by atoms with Gasteiger partial charge in [0.2, 0.25) is 0 Å². The molecule has 0 saturated carbocycles. The number of carboxylic acids is 1. The lowest BCUT2D eigenvalue weighted by Crippen LogP contribution is -2.16. The van der Waals surface area contributed by atoms with Crippen LogP contribution in [0, 0.1) is 0 Å². The number of nitrogens with two attached hydrogens (primary N) is 1. The summed E-state index contributed by atoms with van der Waals surface area (Å²) in [6, 6.07) is 0. The summed E-state index contributed by atoms with van der Waals surface area (Å²) in [5.74, 6) is -1.96. The molecule has 0 aromatic rings. The van der Waals surface area contributed by atoms with Crippen molar-refractivity contribution in [3.05, 3.63) is 0 Å². The average molecular weight is 191 g/mol. The fraction of sp³-hybridized carbons (Fsp3) is 0.714. The molecule has 3 N–H and O–H groups in total. The van der Waals surface area contributed by atoms with Gasteiger partial charge in [0.1, 0.15) is 13.0 Å². The van der Waals surface area contributed by atoms with Gasteiger partial charge in [0.15, 0.2) is 0 Å². The van der Waals surface area contributed by atoms with Crippen LogP contribution in [0.3, 0.4) is 0 Å². The third kappa shape index (κ3) is 8.77. The smallest absolute Gasteiger partial charge is 0.317 e. The molecule has 0 aliphatic carbocycles. The number of esters is 1. The van der Waals surface area contributed by atoms with Gasteiger partial charge in [-0.15, -0.1) is 0 Å². The van der Waals surface area contributed by atoms with Gasteiger partial charge in [0.25, 0.3) is 0 Å². The highest BCUT2D eigenvalue weighted by molar-refractivity contribution is 5.90. The zero-order valence-electron chi connectivity index (χ0n) is 7.19. The van der Waals surface area contributed by atoms with Gasteiger partial charge < -0.3 is 20.3 Å². The Bertz CT molecular complexity index is 170. The zero-order valence-corrected chi connectivity index (χ0v) is 7.19. The molecule has 13 heavy (non-hydrogen) atoms. The van der Waals surface area contributed by atoms with Gasteiger partial charge in [-0.3, -0.25) is 9.59 Å². The van der Waals surface area contributed by atoms with Crippen molar-refractivity contribution in [3.63, 3.8) is 0 Å². The highest BCUT2D eigenvalue weighted by Crippen LogP contribution is 1.86. The number of carboxylic acid groups (broad SMARTS) is 1. The van der Waals surface area contributed by atoms with Crippen LogP contribution in [0.1, 0.15) is 6.42 Å². The molecule has 0 aliphatic rings. The SMILES string of the molecule is NCCOCCOC(=O)CC(=O)O. The first-order valence-corrected chi connectivity index (χ1v) is 3.82. The molecule has 6 nitrogen and oxygen atoms in total. The summed E-state index contributed by atoms with van der Waals surface area (Å²) in [7, 11) is 0. The molecule has 0 aromatic carbocycles. The highest BCUT2D eigenvalue weighted by atomic mass is 16.6. The van der Waals surface area contributed by atoms with Crippen molar-refractivity contribution in [1.29, 1.82) is 0 Å². The van der Waals surface area contributed by atoms with E-state index in [2.05, 4.69) is 4.74 Å². The van der Waals surface area contributed by atoms with Crippen LogP contribution in [0.2, 0.25) is 0 Å². The van der Waals surface area contributed by atoms with Crippen LogP contribution in [0.5, 0.6) is 0 Å². The molecular formula is C7H13NO5. The third-order valence-corrected chi connectivity index (χ3v) is 1.05. The number of rotatable bonds is 7. The highest BCUT2D eigenvalue weighted by Gasteiger charge is 2.07. The second-order valence-electron chi connectivity index (χ2n) is 2.19. The van der Waals surface area contributed by atoms with Gasteiger partial charge in [-0.1, -0.05) is 0 Å². The Morgan fingerprint density at radius 3 is 2.46 bits per heavy atom. The maximum atomic E-state index is 10.6. The molecule has 0 rings (SSSR count). The van der Waals surface area contributed by atoms with E-state index >= 15 is 0 Å². The molecule has 0 spiro atoms. The lowest BCUT2D eigenvalue weighted by molar-refractivity contribution is -0.152. The third-order valence-electron chi connectivity index (χ3n) is 1.05. The van der Waals surface area contributed by atoms with Crippen molar-refractivity contribution < 1.29 is 24.2 Å². The second-order valence-corrected chi connectivity index (χ2v) is 2.19. The quantitative estimate of drug-likeness (QED) is 0.303. The molecule has 0 bridgehead atoms. The summed E-state index contributed by atoms with van der Waals surface area (Å²) < 4.78 is 9.40. The Hall–Kier alpha value is -1.14. The zero-order chi connectivity index (χ0) is 10.1. The summed E-state index contributed by atoms with van der Waals surface area (Å²) in [5, 5.41) is 8.18. The Morgan fingerprint density at radius 2 is 1.92 bits per heavy atom. The number of aliphatic carboxylic acids is 1. The van der Waals surface area contributed by atoms with Crippen LogP contribution in [-0.2, 0) is 19.1 Å².